The maximum absolute atomic E-state index is 11.0. The van der Waals surface area contributed by atoms with Crippen LogP contribution in [-0.4, -0.2) is 20.9 Å². The number of aryl methyl sites for hydroxylation is 1. The van der Waals surface area contributed by atoms with Gasteiger partial charge in [-0.15, -0.1) is 0 Å². The van der Waals surface area contributed by atoms with E-state index in [1.54, 1.807) is 6.20 Å². The SMILES string of the molecule is CCn1nccc1C1=C(C(=O)O)CCC1. The summed E-state index contributed by atoms with van der Waals surface area (Å²) >= 11 is 0. The van der Waals surface area contributed by atoms with Crippen LogP contribution >= 0.6 is 0 Å². The van der Waals surface area contributed by atoms with Crippen molar-refractivity contribution in [1.29, 1.82) is 0 Å². The van der Waals surface area contributed by atoms with E-state index >= 15 is 0 Å². The highest BCUT2D eigenvalue weighted by Crippen LogP contribution is 2.33. The number of nitrogens with zero attached hydrogens (tertiary/aromatic N) is 2. The predicted molar refractivity (Wildman–Crippen MR) is 56.3 cm³/mol. The third-order valence-corrected chi connectivity index (χ3v) is 2.80. The molecule has 0 atom stereocenters. The Balaban J connectivity index is 2.45. The van der Waals surface area contributed by atoms with Crippen molar-refractivity contribution in [3.63, 3.8) is 0 Å². The molecule has 0 fully saturated rings. The van der Waals surface area contributed by atoms with Gasteiger partial charge in [-0.05, 0) is 37.8 Å². The van der Waals surface area contributed by atoms with Gasteiger partial charge in [0.25, 0.3) is 0 Å². The number of aromatic nitrogens is 2. The molecule has 0 unspecified atom stereocenters. The molecule has 80 valence electrons. The van der Waals surface area contributed by atoms with Crippen molar-refractivity contribution in [1.82, 2.24) is 9.78 Å². The zero-order valence-electron chi connectivity index (χ0n) is 8.73. The fourth-order valence-electron chi connectivity index (χ4n) is 2.10. The normalized spacial score (nSPS) is 16.1. The summed E-state index contributed by atoms with van der Waals surface area (Å²) in [6, 6.07) is 1.90. The van der Waals surface area contributed by atoms with Crippen LogP contribution in [0.3, 0.4) is 0 Å². The molecule has 0 aliphatic heterocycles. The third-order valence-electron chi connectivity index (χ3n) is 2.80. The molecule has 1 aromatic rings. The number of hydrogen-bond acceptors (Lipinski definition) is 2. The van der Waals surface area contributed by atoms with Gasteiger partial charge in [0.05, 0.1) is 5.69 Å². The van der Waals surface area contributed by atoms with Gasteiger partial charge in [0.15, 0.2) is 0 Å². The highest BCUT2D eigenvalue weighted by Gasteiger charge is 2.23. The first-order valence-electron chi connectivity index (χ1n) is 5.21. The molecule has 4 nitrogen and oxygen atoms in total. The minimum atomic E-state index is -0.786. The Hall–Kier alpha value is -1.58. The summed E-state index contributed by atoms with van der Waals surface area (Å²) in [6.45, 7) is 2.78. The minimum Gasteiger partial charge on any atom is -0.478 e. The van der Waals surface area contributed by atoms with Gasteiger partial charge in [-0.2, -0.15) is 5.10 Å². The molecule has 0 saturated carbocycles. The topological polar surface area (TPSA) is 55.1 Å². The Labute approximate surface area is 88.2 Å². The van der Waals surface area contributed by atoms with E-state index in [9.17, 15) is 4.79 Å². The van der Waals surface area contributed by atoms with Gasteiger partial charge in [-0.3, -0.25) is 4.68 Å². The molecule has 0 saturated heterocycles. The van der Waals surface area contributed by atoms with Gasteiger partial charge in [-0.1, -0.05) is 0 Å². The fraction of sp³-hybridized carbons (Fsp3) is 0.455. The molecule has 4 heteroatoms. The molecule has 0 aromatic carbocycles. The van der Waals surface area contributed by atoms with Crippen LogP contribution < -0.4 is 0 Å². The lowest BCUT2D eigenvalue weighted by molar-refractivity contribution is -0.132. The lowest BCUT2D eigenvalue weighted by Crippen LogP contribution is -2.05. The Morgan fingerprint density at radius 3 is 3.07 bits per heavy atom. The number of allylic oxidation sites excluding steroid dienone is 1. The summed E-state index contributed by atoms with van der Waals surface area (Å²) in [6.07, 6.45) is 4.20. The molecule has 15 heavy (non-hydrogen) atoms. The molecular formula is C11H14N2O2. The van der Waals surface area contributed by atoms with E-state index in [0.717, 1.165) is 30.7 Å². The second kappa shape index (κ2) is 3.88. The van der Waals surface area contributed by atoms with Crippen LogP contribution in [0.25, 0.3) is 5.57 Å². The van der Waals surface area contributed by atoms with Crippen LogP contribution in [0, 0.1) is 0 Å². The summed E-state index contributed by atoms with van der Waals surface area (Å²) in [4.78, 5) is 11.0. The predicted octanol–water partition coefficient (Wildman–Crippen LogP) is 1.93. The molecule has 0 amide bonds. The van der Waals surface area contributed by atoms with E-state index in [4.69, 9.17) is 5.11 Å². The number of carboxylic acid groups (broad SMARTS) is 1. The van der Waals surface area contributed by atoms with Crippen molar-refractivity contribution in [2.24, 2.45) is 0 Å². The maximum atomic E-state index is 11.0. The maximum Gasteiger partial charge on any atom is 0.331 e. The first kappa shape index (κ1) is 9.96. The van der Waals surface area contributed by atoms with Crippen molar-refractivity contribution in [2.45, 2.75) is 32.7 Å². The molecule has 0 spiro atoms. The lowest BCUT2D eigenvalue weighted by atomic mass is 10.1. The number of carboxylic acids is 1. The van der Waals surface area contributed by atoms with Crippen LogP contribution in [0.1, 0.15) is 31.9 Å². The van der Waals surface area contributed by atoms with Crippen molar-refractivity contribution in [3.05, 3.63) is 23.5 Å². The monoisotopic (exact) mass is 206 g/mol. The Kier molecular flexibility index (Phi) is 2.58. The summed E-state index contributed by atoms with van der Waals surface area (Å²) in [5.41, 5.74) is 2.49. The molecule has 2 rings (SSSR count). The van der Waals surface area contributed by atoms with Crippen LogP contribution in [-0.2, 0) is 11.3 Å². The smallest absolute Gasteiger partial charge is 0.331 e. The zero-order chi connectivity index (χ0) is 10.8. The summed E-state index contributed by atoms with van der Waals surface area (Å²) in [5, 5.41) is 13.2. The molecule has 1 aromatic heterocycles. The van der Waals surface area contributed by atoms with Gasteiger partial charge < -0.3 is 5.11 Å². The van der Waals surface area contributed by atoms with E-state index in [0.29, 0.717) is 12.0 Å². The molecular weight excluding hydrogens is 192 g/mol. The number of aliphatic carboxylic acids is 1. The van der Waals surface area contributed by atoms with E-state index in [1.807, 2.05) is 17.7 Å². The van der Waals surface area contributed by atoms with Gasteiger partial charge >= 0.3 is 5.97 Å². The largest absolute Gasteiger partial charge is 0.478 e. The summed E-state index contributed by atoms with van der Waals surface area (Å²) < 4.78 is 1.85. The molecule has 0 bridgehead atoms. The second-order valence-corrected chi connectivity index (χ2v) is 3.65. The number of rotatable bonds is 3. The second-order valence-electron chi connectivity index (χ2n) is 3.65. The average Bonchev–Trinajstić information content (AvgIpc) is 2.85. The van der Waals surface area contributed by atoms with Gasteiger partial charge in [0.2, 0.25) is 0 Å². The van der Waals surface area contributed by atoms with Gasteiger partial charge in [0.1, 0.15) is 0 Å². The first-order valence-corrected chi connectivity index (χ1v) is 5.21. The van der Waals surface area contributed by atoms with E-state index < -0.39 is 5.97 Å². The van der Waals surface area contributed by atoms with Crippen LogP contribution in [0.4, 0.5) is 0 Å². The van der Waals surface area contributed by atoms with Crippen LogP contribution in [0.5, 0.6) is 0 Å². The molecule has 1 heterocycles. The van der Waals surface area contributed by atoms with Crippen molar-refractivity contribution in [2.75, 3.05) is 0 Å². The Morgan fingerprint density at radius 1 is 1.60 bits per heavy atom. The van der Waals surface area contributed by atoms with E-state index in [2.05, 4.69) is 5.10 Å². The van der Waals surface area contributed by atoms with Gasteiger partial charge in [-0.25, -0.2) is 4.79 Å². The van der Waals surface area contributed by atoms with Crippen molar-refractivity contribution < 1.29 is 9.90 Å². The average molecular weight is 206 g/mol. The van der Waals surface area contributed by atoms with Crippen molar-refractivity contribution >= 4 is 11.5 Å². The van der Waals surface area contributed by atoms with Crippen LogP contribution in [0.2, 0.25) is 0 Å². The molecule has 1 aliphatic carbocycles. The Bertz CT molecular complexity index is 418. The minimum absolute atomic E-state index is 0.560. The van der Waals surface area contributed by atoms with E-state index in [1.165, 1.54) is 0 Å². The van der Waals surface area contributed by atoms with E-state index in [-0.39, 0.29) is 0 Å². The zero-order valence-corrected chi connectivity index (χ0v) is 8.73. The summed E-state index contributed by atoms with van der Waals surface area (Å²) in [5.74, 6) is -0.786. The third kappa shape index (κ3) is 1.67. The molecule has 1 N–H and O–H groups in total. The van der Waals surface area contributed by atoms with Crippen LogP contribution in [0.15, 0.2) is 17.8 Å². The quantitative estimate of drug-likeness (QED) is 0.822. The standard InChI is InChI=1S/C11H14N2O2/c1-2-13-10(6-7-12-13)8-4-3-5-9(8)11(14)15/h6-7H,2-5H2,1H3,(H,14,15). The molecule has 0 radical (unpaired) electrons. The summed E-state index contributed by atoms with van der Waals surface area (Å²) in [7, 11) is 0. The highest BCUT2D eigenvalue weighted by molar-refractivity contribution is 5.97. The van der Waals surface area contributed by atoms with Gasteiger partial charge in [0, 0.05) is 18.3 Å². The molecule has 1 aliphatic rings. The number of carbonyl (C=O) groups is 1. The first-order chi connectivity index (χ1) is 7.24. The fourth-order valence-corrected chi connectivity index (χ4v) is 2.10. The highest BCUT2D eigenvalue weighted by atomic mass is 16.4. The lowest BCUT2D eigenvalue weighted by Gasteiger charge is -2.06. The van der Waals surface area contributed by atoms with Crippen molar-refractivity contribution in [3.8, 4) is 0 Å². The number of hydrogen-bond donors (Lipinski definition) is 1. The Morgan fingerprint density at radius 2 is 2.40 bits per heavy atom.